The lowest BCUT2D eigenvalue weighted by atomic mass is 9.97. The first-order chi connectivity index (χ1) is 9.97. The third-order valence-electron chi connectivity index (χ3n) is 4.00. The first-order valence-electron chi connectivity index (χ1n) is 7.35. The largest absolute Gasteiger partial charge is 0.376 e. The molecule has 0 radical (unpaired) electrons. The number of benzene rings is 1. The molecule has 1 fully saturated rings. The fourth-order valence-electron chi connectivity index (χ4n) is 2.64. The Labute approximate surface area is 125 Å². The second-order valence-corrected chi connectivity index (χ2v) is 5.75. The predicted octanol–water partition coefficient (Wildman–Crippen LogP) is 1.44. The van der Waals surface area contributed by atoms with Crippen LogP contribution in [-0.2, 0) is 9.59 Å². The molecule has 2 rings (SSSR count). The molecule has 5 nitrogen and oxygen atoms in total. The van der Waals surface area contributed by atoms with E-state index in [1.807, 2.05) is 32.0 Å². The molecule has 114 valence electrons. The molecule has 0 aromatic heterocycles. The van der Waals surface area contributed by atoms with Crippen LogP contribution in [-0.4, -0.2) is 36.3 Å². The normalized spacial score (nSPS) is 18.4. The van der Waals surface area contributed by atoms with Gasteiger partial charge in [-0.2, -0.15) is 0 Å². The van der Waals surface area contributed by atoms with Gasteiger partial charge in [-0.1, -0.05) is 12.1 Å². The van der Waals surface area contributed by atoms with Crippen molar-refractivity contribution in [3.05, 3.63) is 29.3 Å². The SMILES string of the molecule is Cc1ccc(C)c(NCC(=O)N2CCCC(C(N)=O)C2)c1. The quantitative estimate of drug-likeness (QED) is 0.880. The van der Waals surface area contributed by atoms with E-state index in [1.165, 1.54) is 0 Å². The lowest BCUT2D eigenvalue weighted by molar-refractivity contribution is -0.133. The molecule has 1 aliphatic rings. The second-order valence-electron chi connectivity index (χ2n) is 5.75. The fraction of sp³-hybridized carbons (Fsp3) is 0.500. The van der Waals surface area contributed by atoms with Gasteiger partial charge < -0.3 is 16.0 Å². The third kappa shape index (κ3) is 3.97. The summed E-state index contributed by atoms with van der Waals surface area (Å²) in [5.41, 5.74) is 8.59. The monoisotopic (exact) mass is 289 g/mol. The molecule has 0 saturated carbocycles. The molecule has 1 atom stereocenters. The zero-order valence-electron chi connectivity index (χ0n) is 12.7. The summed E-state index contributed by atoms with van der Waals surface area (Å²) in [7, 11) is 0. The Balaban J connectivity index is 1.92. The highest BCUT2D eigenvalue weighted by Gasteiger charge is 2.26. The number of anilines is 1. The van der Waals surface area contributed by atoms with E-state index < -0.39 is 0 Å². The van der Waals surface area contributed by atoms with Gasteiger partial charge in [0.25, 0.3) is 0 Å². The number of carbonyl (C=O) groups excluding carboxylic acids is 2. The van der Waals surface area contributed by atoms with E-state index in [4.69, 9.17) is 5.73 Å². The number of nitrogens with one attached hydrogen (secondary N) is 1. The van der Waals surface area contributed by atoms with Crippen molar-refractivity contribution in [1.82, 2.24) is 4.90 Å². The number of carbonyl (C=O) groups is 2. The van der Waals surface area contributed by atoms with Crippen LogP contribution in [0.3, 0.4) is 0 Å². The van der Waals surface area contributed by atoms with Crippen molar-refractivity contribution in [2.75, 3.05) is 25.0 Å². The Kier molecular flexibility index (Phi) is 4.83. The third-order valence-corrected chi connectivity index (χ3v) is 4.00. The molecule has 2 amide bonds. The number of likely N-dealkylation sites (tertiary alicyclic amines) is 1. The van der Waals surface area contributed by atoms with Crippen molar-refractivity contribution in [3.63, 3.8) is 0 Å². The summed E-state index contributed by atoms with van der Waals surface area (Å²) in [6.07, 6.45) is 1.62. The maximum atomic E-state index is 12.2. The van der Waals surface area contributed by atoms with Crippen LogP contribution in [0, 0.1) is 19.8 Å². The maximum Gasteiger partial charge on any atom is 0.241 e. The Morgan fingerprint density at radius 2 is 2.14 bits per heavy atom. The minimum atomic E-state index is -0.310. The van der Waals surface area contributed by atoms with Gasteiger partial charge in [0.1, 0.15) is 0 Å². The van der Waals surface area contributed by atoms with Gasteiger partial charge in [0.2, 0.25) is 11.8 Å². The molecular weight excluding hydrogens is 266 g/mol. The van der Waals surface area contributed by atoms with E-state index in [9.17, 15) is 9.59 Å². The second kappa shape index (κ2) is 6.61. The smallest absolute Gasteiger partial charge is 0.241 e. The van der Waals surface area contributed by atoms with Gasteiger partial charge in [0.15, 0.2) is 0 Å². The predicted molar refractivity (Wildman–Crippen MR) is 82.9 cm³/mol. The van der Waals surface area contributed by atoms with Crippen LogP contribution in [0.5, 0.6) is 0 Å². The van der Waals surface area contributed by atoms with Gasteiger partial charge in [-0.15, -0.1) is 0 Å². The van der Waals surface area contributed by atoms with E-state index in [0.29, 0.717) is 13.1 Å². The summed E-state index contributed by atoms with van der Waals surface area (Å²) < 4.78 is 0. The van der Waals surface area contributed by atoms with Crippen LogP contribution in [0.1, 0.15) is 24.0 Å². The van der Waals surface area contributed by atoms with E-state index in [-0.39, 0.29) is 24.3 Å². The van der Waals surface area contributed by atoms with E-state index in [1.54, 1.807) is 4.90 Å². The standard InChI is InChI=1S/C16H23N3O2/c1-11-5-6-12(2)14(8-11)18-9-15(20)19-7-3-4-13(10-19)16(17)21/h5-6,8,13,18H,3-4,7,9-10H2,1-2H3,(H2,17,21). The molecular formula is C16H23N3O2. The van der Waals surface area contributed by atoms with Crippen LogP contribution in [0.4, 0.5) is 5.69 Å². The van der Waals surface area contributed by atoms with Crippen LogP contribution in [0.25, 0.3) is 0 Å². The van der Waals surface area contributed by atoms with Crippen LogP contribution >= 0.6 is 0 Å². The van der Waals surface area contributed by atoms with Gasteiger partial charge in [0.05, 0.1) is 12.5 Å². The lowest BCUT2D eigenvalue weighted by Gasteiger charge is -2.31. The average molecular weight is 289 g/mol. The molecule has 5 heteroatoms. The number of hydrogen-bond donors (Lipinski definition) is 2. The molecule has 0 spiro atoms. The highest BCUT2D eigenvalue weighted by molar-refractivity contribution is 5.83. The Morgan fingerprint density at radius 3 is 2.86 bits per heavy atom. The summed E-state index contributed by atoms with van der Waals surface area (Å²) in [5.74, 6) is -0.500. The number of hydrogen-bond acceptors (Lipinski definition) is 3. The highest BCUT2D eigenvalue weighted by Crippen LogP contribution is 2.18. The number of rotatable bonds is 4. The number of nitrogens with zero attached hydrogens (tertiary/aromatic N) is 1. The first kappa shape index (κ1) is 15.4. The number of aryl methyl sites for hydroxylation is 2. The Hall–Kier alpha value is -2.04. The van der Waals surface area contributed by atoms with E-state index in [2.05, 4.69) is 5.32 Å². The number of amides is 2. The minimum Gasteiger partial charge on any atom is -0.376 e. The molecule has 1 aliphatic heterocycles. The van der Waals surface area contributed by atoms with Crippen molar-refractivity contribution in [1.29, 1.82) is 0 Å². The van der Waals surface area contributed by atoms with Gasteiger partial charge in [-0.05, 0) is 43.9 Å². The summed E-state index contributed by atoms with van der Waals surface area (Å²) in [4.78, 5) is 25.2. The molecule has 0 bridgehead atoms. The molecule has 1 aromatic rings. The number of nitrogens with two attached hydrogens (primary N) is 1. The van der Waals surface area contributed by atoms with E-state index >= 15 is 0 Å². The van der Waals surface area contributed by atoms with Gasteiger partial charge in [-0.25, -0.2) is 0 Å². The molecule has 3 N–H and O–H groups in total. The first-order valence-corrected chi connectivity index (χ1v) is 7.35. The Bertz CT molecular complexity index is 542. The average Bonchev–Trinajstić information content (AvgIpc) is 2.48. The van der Waals surface area contributed by atoms with Crippen molar-refractivity contribution < 1.29 is 9.59 Å². The topological polar surface area (TPSA) is 75.4 Å². The summed E-state index contributed by atoms with van der Waals surface area (Å²) >= 11 is 0. The molecule has 21 heavy (non-hydrogen) atoms. The van der Waals surface area contributed by atoms with Crippen LogP contribution < -0.4 is 11.1 Å². The molecule has 1 saturated heterocycles. The number of primary amides is 1. The minimum absolute atomic E-state index is 0.0156. The van der Waals surface area contributed by atoms with Gasteiger partial charge >= 0.3 is 0 Å². The van der Waals surface area contributed by atoms with Crippen molar-refractivity contribution in [2.45, 2.75) is 26.7 Å². The Morgan fingerprint density at radius 1 is 1.38 bits per heavy atom. The van der Waals surface area contributed by atoms with Gasteiger partial charge in [0, 0.05) is 18.8 Å². The van der Waals surface area contributed by atoms with Crippen LogP contribution in [0.2, 0.25) is 0 Å². The molecule has 1 heterocycles. The van der Waals surface area contributed by atoms with Crippen LogP contribution in [0.15, 0.2) is 18.2 Å². The molecule has 0 aliphatic carbocycles. The fourth-order valence-corrected chi connectivity index (χ4v) is 2.64. The van der Waals surface area contributed by atoms with E-state index in [0.717, 1.165) is 29.7 Å². The van der Waals surface area contributed by atoms with Gasteiger partial charge in [-0.3, -0.25) is 9.59 Å². The highest BCUT2D eigenvalue weighted by atomic mass is 16.2. The van der Waals surface area contributed by atoms with Crippen molar-refractivity contribution in [2.24, 2.45) is 11.7 Å². The number of piperidine rings is 1. The molecule has 1 unspecified atom stereocenters. The zero-order valence-corrected chi connectivity index (χ0v) is 12.7. The summed E-state index contributed by atoms with van der Waals surface area (Å²) in [6, 6.07) is 6.11. The van der Waals surface area contributed by atoms with Crippen molar-refractivity contribution in [3.8, 4) is 0 Å². The lowest BCUT2D eigenvalue weighted by Crippen LogP contribution is -2.46. The summed E-state index contributed by atoms with van der Waals surface area (Å²) in [6.45, 7) is 5.43. The zero-order chi connectivity index (χ0) is 15.4. The maximum absolute atomic E-state index is 12.2. The molecule has 1 aromatic carbocycles. The van der Waals surface area contributed by atoms with Crippen molar-refractivity contribution >= 4 is 17.5 Å². The summed E-state index contributed by atoms with van der Waals surface area (Å²) in [5, 5.41) is 3.19.